The summed E-state index contributed by atoms with van der Waals surface area (Å²) in [4.78, 5) is 13.8. The maximum atomic E-state index is 12.1. The van der Waals surface area contributed by atoms with E-state index in [2.05, 4.69) is 6.08 Å². The molecule has 1 aliphatic heterocycles. The van der Waals surface area contributed by atoms with Crippen molar-refractivity contribution in [3.8, 4) is 0 Å². The van der Waals surface area contributed by atoms with Gasteiger partial charge in [-0.1, -0.05) is 11.5 Å². The lowest BCUT2D eigenvalue weighted by Gasteiger charge is -2.35. The monoisotopic (exact) mass is 311 g/mol. The molecule has 22 heavy (non-hydrogen) atoms. The van der Waals surface area contributed by atoms with Crippen LogP contribution in [0, 0.1) is 0 Å². The first-order valence-corrected chi connectivity index (χ1v) is 7.75. The molecule has 0 aromatic carbocycles. The molecule has 0 aromatic heterocycles. The fraction of sp³-hybridized carbons (Fsp3) is 0.812. The highest BCUT2D eigenvalue weighted by Gasteiger charge is 2.40. The third-order valence-corrected chi connectivity index (χ3v) is 3.84. The third-order valence-electron chi connectivity index (χ3n) is 3.84. The predicted octanol–water partition coefficient (Wildman–Crippen LogP) is 2.43. The van der Waals surface area contributed by atoms with Crippen molar-refractivity contribution < 1.29 is 19.3 Å². The quantitative estimate of drug-likeness (QED) is 0.592. The molecule has 0 fully saturated rings. The fourth-order valence-corrected chi connectivity index (χ4v) is 1.71. The molecule has 1 heterocycles. The number of rotatable bonds is 4. The van der Waals surface area contributed by atoms with Crippen molar-refractivity contribution in [3.63, 3.8) is 0 Å². The molecule has 0 aromatic rings. The van der Waals surface area contributed by atoms with E-state index in [1.54, 1.807) is 12.4 Å². The highest BCUT2D eigenvalue weighted by Crippen LogP contribution is 2.25. The lowest BCUT2D eigenvalue weighted by Crippen LogP contribution is -2.49. The van der Waals surface area contributed by atoms with E-state index in [1.165, 1.54) is 0 Å². The van der Waals surface area contributed by atoms with Crippen LogP contribution >= 0.6 is 0 Å². The van der Waals surface area contributed by atoms with Gasteiger partial charge in [0.25, 0.3) is 0 Å². The van der Waals surface area contributed by atoms with Crippen molar-refractivity contribution in [2.24, 2.45) is 0 Å². The summed E-state index contributed by atoms with van der Waals surface area (Å²) < 4.78 is 11.2. The van der Waals surface area contributed by atoms with Crippen LogP contribution in [0.4, 0.5) is 4.79 Å². The molecule has 6 heteroatoms. The summed E-state index contributed by atoms with van der Waals surface area (Å²) in [5.74, 6) is 0. The second-order valence-electron chi connectivity index (χ2n) is 7.84. The number of hydrogen-bond acceptors (Lipinski definition) is 3. The highest BCUT2D eigenvalue weighted by atomic mass is 16.6. The maximum Gasteiger partial charge on any atom is 0.410 e. The van der Waals surface area contributed by atoms with Crippen LogP contribution in [-0.4, -0.2) is 53.5 Å². The van der Waals surface area contributed by atoms with Gasteiger partial charge in [0.1, 0.15) is 11.2 Å². The minimum atomic E-state index is -0.719. The number of hydrogen-bond donors (Lipinski definition) is 0. The van der Waals surface area contributed by atoms with E-state index >= 15 is 0 Å². The van der Waals surface area contributed by atoms with Crippen LogP contribution in [0.1, 0.15) is 54.9 Å². The Morgan fingerprint density at radius 2 is 1.82 bits per heavy atom. The van der Waals surface area contributed by atoms with Gasteiger partial charge >= 0.3 is 13.6 Å². The van der Waals surface area contributed by atoms with Gasteiger partial charge < -0.3 is 19.4 Å². The molecule has 5 nitrogen and oxygen atoms in total. The Balaban J connectivity index is 2.58. The lowest BCUT2D eigenvalue weighted by molar-refractivity contribution is -0.0898. The summed E-state index contributed by atoms with van der Waals surface area (Å²) in [7, 11) is 1.67. The molecular formula is C16H30BNO4+. The molecule has 0 spiro atoms. The standard InChI is InChI=1S/C16H29BNO4/c1-14(2,3)21-13(19)18-10-8-9-12(11-18)17-22-16(6,7)15(4,5)20/h9,20H,8,10-11H2,1-7H3/p+1. The third kappa shape index (κ3) is 5.65. The van der Waals surface area contributed by atoms with Gasteiger partial charge in [-0.2, -0.15) is 0 Å². The van der Waals surface area contributed by atoms with Gasteiger partial charge in [-0.3, -0.25) is 0 Å². The van der Waals surface area contributed by atoms with E-state index in [4.69, 9.17) is 14.5 Å². The molecule has 0 aliphatic carbocycles. The maximum absolute atomic E-state index is 12.1. The first kappa shape index (κ1) is 19.0. The second-order valence-corrected chi connectivity index (χ2v) is 7.84. The van der Waals surface area contributed by atoms with Crippen molar-refractivity contribution in [1.29, 1.82) is 0 Å². The summed E-state index contributed by atoms with van der Waals surface area (Å²) in [6, 6.07) is 0. The molecule has 0 atom stereocenters. The minimum Gasteiger partial charge on any atom is -0.444 e. The molecule has 1 amide bonds. The molecule has 1 radical (unpaired) electrons. The smallest absolute Gasteiger partial charge is 0.410 e. The zero-order valence-corrected chi connectivity index (χ0v) is 14.9. The number of amides is 1. The van der Waals surface area contributed by atoms with Gasteiger partial charge in [-0.25, -0.2) is 4.79 Å². The zero-order valence-electron chi connectivity index (χ0n) is 14.9. The van der Waals surface area contributed by atoms with Gasteiger partial charge in [0, 0.05) is 26.9 Å². The molecule has 1 aliphatic rings. The molecule has 0 saturated heterocycles. The normalized spacial score (nSPS) is 17.1. The Morgan fingerprint density at radius 1 is 1.23 bits per heavy atom. The van der Waals surface area contributed by atoms with Crippen LogP contribution < -0.4 is 0 Å². The lowest BCUT2D eigenvalue weighted by atomic mass is 9.80. The van der Waals surface area contributed by atoms with E-state index in [9.17, 15) is 4.79 Å². The topological polar surface area (TPSA) is 61.7 Å². The fourth-order valence-electron chi connectivity index (χ4n) is 1.71. The van der Waals surface area contributed by atoms with Crippen molar-refractivity contribution >= 4 is 13.6 Å². The van der Waals surface area contributed by atoms with E-state index in [1.807, 2.05) is 48.5 Å². The van der Waals surface area contributed by atoms with Crippen LogP contribution in [0.5, 0.6) is 0 Å². The molecule has 0 bridgehead atoms. The van der Waals surface area contributed by atoms with Crippen LogP contribution in [0.15, 0.2) is 11.5 Å². The first-order chi connectivity index (χ1) is 9.82. The second kappa shape index (κ2) is 6.63. The van der Waals surface area contributed by atoms with Crippen LogP contribution in [0.3, 0.4) is 0 Å². The molecular weight excluding hydrogens is 281 g/mol. The molecule has 2 N–H and O–H groups in total. The minimum absolute atomic E-state index is 0.299. The van der Waals surface area contributed by atoms with E-state index in [0.29, 0.717) is 13.1 Å². The molecule has 0 unspecified atom stereocenters. The summed E-state index contributed by atoms with van der Waals surface area (Å²) in [6.07, 6.45) is 2.54. The van der Waals surface area contributed by atoms with Gasteiger partial charge in [0.05, 0.1) is 0 Å². The summed E-state index contributed by atoms with van der Waals surface area (Å²) in [5, 5.41) is 8.11. The van der Waals surface area contributed by atoms with Gasteiger partial charge in [0.15, 0.2) is 5.60 Å². The average molecular weight is 311 g/mol. The SMILES string of the molecule is CC(C)(C)OC(=O)N1CCC=C([B]OC(C)(C)C(C)(C)[OH2+])C1. The predicted molar refractivity (Wildman–Crippen MR) is 89.1 cm³/mol. The zero-order chi connectivity index (χ0) is 17.2. The summed E-state index contributed by atoms with van der Waals surface area (Å²) in [6.45, 7) is 14.1. The number of carbonyl (C=O) groups excluding carboxylic acids is 1. The van der Waals surface area contributed by atoms with E-state index in [0.717, 1.165) is 11.9 Å². The summed E-state index contributed by atoms with van der Waals surface area (Å²) >= 11 is 0. The largest absolute Gasteiger partial charge is 0.444 e. The summed E-state index contributed by atoms with van der Waals surface area (Å²) in [5.41, 5.74) is -0.879. The van der Waals surface area contributed by atoms with Crippen LogP contribution in [-0.2, 0) is 9.39 Å². The van der Waals surface area contributed by atoms with E-state index < -0.39 is 16.8 Å². The van der Waals surface area contributed by atoms with E-state index in [-0.39, 0.29) is 6.09 Å². The average Bonchev–Trinajstić information content (AvgIpc) is 2.33. The van der Waals surface area contributed by atoms with Gasteiger partial charge in [0.2, 0.25) is 0 Å². The number of nitrogens with zero attached hydrogens (tertiary/aromatic N) is 1. The number of ether oxygens (including phenoxy) is 1. The molecule has 125 valence electrons. The van der Waals surface area contributed by atoms with Gasteiger partial charge in [-0.05, 0) is 41.0 Å². The number of carbonyl (C=O) groups is 1. The Labute approximate surface area is 134 Å². The van der Waals surface area contributed by atoms with Crippen molar-refractivity contribution in [1.82, 2.24) is 4.90 Å². The Kier molecular flexibility index (Phi) is 5.74. The Hall–Kier alpha value is -1.01. The van der Waals surface area contributed by atoms with Crippen molar-refractivity contribution in [3.05, 3.63) is 11.5 Å². The Bertz CT molecular complexity index is 432. The van der Waals surface area contributed by atoms with Crippen molar-refractivity contribution in [2.45, 2.75) is 71.7 Å². The molecule has 1 rings (SSSR count). The van der Waals surface area contributed by atoms with Crippen LogP contribution in [0.2, 0.25) is 0 Å². The first-order valence-electron chi connectivity index (χ1n) is 7.75. The molecule has 0 saturated carbocycles. The highest BCUT2D eigenvalue weighted by molar-refractivity contribution is 6.38. The van der Waals surface area contributed by atoms with Gasteiger partial charge in [-0.15, -0.1) is 0 Å². The van der Waals surface area contributed by atoms with Crippen molar-refractivity contribution in [2.75, 3.05) is 13.1 Å². The van der Waals surface area contributed by atoms with Crippen LogP contribution in [0.25, 0.3) is 0 Å². The Morgan fingerprint density at radius 3 is 2.32 bits per heavy atom.